The summed E-state index contributed by atoms with van der Waals surface area (Å²) in [6.07, 6.45) is 0. The molecule has 1 saturated heterocycles. The van der Waals surface area contributed by atoms with Crippen molar-refractivity contribution in [1.29, 1.82) is 0 Å². The quantitative estimate of drug-likeness (QED) is 0.376. The zero-order valence-electron chi connectivity index (χ0n) is 13.8. The molecular weight excluding hydrogens is 384 g/mol. The number of carbonyl (C=O) groups is 3. The van der Waals surface area contributed by atoms with E-state index in [0.29, 0.717) is 5.75 Å². The topological polar surface area (TPSA) is 113 Å². The van der Waals surface area contributed by atoms with Crippen LogP contribution in [0.5, 0.6) is 5.75 Å². The molecule has 2 amide bonds. The van der Waals surface area contributed by atoms with Crippen LogP contribution in [-0.4, -0.2) is 56.1 Å². The van der Waals surface area contributed by atoms with Gasteiger partial charge in [-0.05, 0) is 35.3 Å². The number of nitrogens with one attached hydrogen (secondary N) is 1. The molecule has 8 nitrogen and oxygen atoms in total. The number of nitrogens with zero attached hydrogens (tertiary/aromatic N) is 1. The third kappa shape index (κ3) is 4.23. The van der Waals surface area contributed by atoms with Crippen molar-refractivity contribution < 1.29 is 28.4 Å². The summed E-state index contributed by atoms with van der Waals surface area (Å²) in [6.45, 7) is 4.60. The van der Waals surface area contributed by atoms with Gasteiger partial charge in [-0.1, -0.05) is 24.8 Å². The average molecular weight is 401 g/mol. The Kier molecular flexibility index (Phi) is 6.38. The number of carbonyl (C=O) groups excluding carboxylic acids is 2. The van der Waals surface area contributed by atoms with Crippen LogP contribution in [0.4, 0.5) is 0 Å². The smallest absolute Gasteiger partial charge is 0.330 e. The molecule has 4 atom stereocenters. The minimum atomic E-state index is -2.10. The molecule has 2 N–H and O–H groups in total. The van der Waals surface area contributed by atoms with Crippen LogP contribution < -0.4 is 10.1 Å². The first-order chi connectivity index (χ1) is 12.2. The SMILES string of the molecule is C=C(C)C(C(=O)O)N1C(=O)C(NC(=O)COc2ccccc2)C1S(=O)Cl. The second kappa shape index (κ2) is 8.33. The van der Waals surface area contributed by atoms with Gasteiger partial charge < -0.3 is 20.1 Å². The Balaban J connectivity index is 2.04. The molecule has 4 unspecified atom stereocenters. The number of carboxylic acid groups (broad SMARTS) is 1. The number of likely N-dealkylation sites (tertiary alicyclic amines) is 1. The summed E-state index contributed by atoms with van der Waals surface area (Å²) >= 11 is 0. The van der Waals surface area contributed by atoms with E-state index in [-0.39, 0.29) is 12.2 Å². The van der Waals surface area contributed by atoms with E-state index in [4.69, 9.17) is 15.4 Å². The lowest BCUT2D eigenvalue weighted by Gasteiger charge is -2.47. The molecule has 0 radical (unpaired) electrons. The Labute approximate surface area is 156 Å². The van der Waals surface area contributed by atoms with Gasteiger partial charge in [0.25, 0.3) is 5.91 Å². The van der Waals surface area contributed by atoms with Gasteiger partial charge in [0.2, 0.25) is 5.91 Å². The number of β-lactam (4-membered cyclic amide) rings is 1. The third-order valence-electron chi connectivity index (χ3n) is 3.68. The second-order valence-corrected chi connectivity index (χ2v) is 7.51. The van der Waals surface area contributed by atoms with Gasteiger partial charge in [-0.3, -0.25) is 9.59 Å². The first-order valence-corrected chi connectivity index (χ1v) is 9.52. The summed E-state index contributed by atoms with van der Waals surface area (Å²) < 4.78 is 17.0. The highest BCUT2D eigenvalue weighted by Gasteiger charge is 2.56. The van der Waals surface area contributed by atoms with Crippen molar-refractivity contribution in [2.24, 2.45) is 0 Å². The predicted octanol–water partition coefficient (Wildman–Crippen LogP) is 0.650. The highest BCUT2D eigenvalue weighted by Crippen LogP contribution is 2.30. The van der Waals surface area contributed by atoms with E-state index in [1.54, 1.807) is 30.3 Å². The van der Waals surface area contributed by atoms with Gasteiger partial charge in [0.1, 0.15) is 21.8 Å². The molecule has 10 heteroatoms. The van der Waals surface area contributed by atoms with Crippen LogP contribution in [0.25, 0.3) is 0 Å². The number of amides is 2. The van der Waals surface area contributed by atoms with Crippen LogP contribution in [0.3, 0.4) is 0 Å². The number of rotatable bonds is 8. The van der Waals surface area contributed by atoms with Crippen LogP contribution in [0.1, 0.15) is 6.92 Å². The molecular formula is C16H17ClN2O6S. The van der Waals surface area contributed by atoms with E-state index >= 15 is 0 Å². The minimum Gasteiger partial charge on any atom is -0.484 e. The summed E-state index contributed by atoms with van der Waals surface area (Å²) in [5.74, 6) is -2.18. The molecule has 0 bridgehead atoms. The number of ether oxygens (including phenoxy) is 1. The molecule has 1 aliphatic heterocycles. The van der Waals surface area contributed by atoms with Crippen molar-refractivity contribution >= 4 is 38.5 Å². The Morgan fingerprint density at radius 2 is 2.04 bits per heavy atom. The molecule has 2 rings (SSSR count). The van der Waals surface area contributed by atoms with E-state index in [9.17, 15) is 23.7 Å². The molecule has 1 aromatic carbocycles. The molecule has 1 aromatic rings. The first-order valence-electron chi connectivity index (χ1n) is 7.48. The summed E-state index contributed by atoms with van der Waals surface area (Å²) in [5, 5.41) is 10.5. The predicted molar refractivity (Wildman–Crippen MR) is 94.7 cm³/mol. The van der Waals surface area contributed by atoms with Crippen LogP contribution in [-0.2, 0) is 24.4 Å². The summed E-state index contributed by atoms with van der Waals surface area (Å²) in [6, 6.07) is 6.00. The Hall–Kier alpha value is -2.39. The largest absolute Gasteiger partial charge is 0.484 e. The lowest BCUT2D eigenvalue weighted by molar-refractivity contribution is -0.160. The molecule has 26 heavy (non-hydrogen) atoms. The number of carboxylic acids is 1. The van der Waals surface area contributed by atoms with Gasteiger partial charge in [0.05, 0.1) is 0 Å². The maximum absolute atomic E-state index is 12.3. The normalized spacial score (nSPS) is 21.3. The fourth-order valence-corrected chi connectivity index (χ4v) is 3.91. The van der Waals surface area contributed by atoms with Crippen molar-refractivity contribution in [2.45, 2.75) is 24.4 Å². The molecule has 0 aliphatic carbocycles. The van der Waals surface area contributed by atoms with Crippen molar-refractivity contribution in [3.63, 3.8) is 0 Å². The Morgan fingerprint density at radius 1 is 1.42 bits per heavy atom. The number of hydrogen-bond acceptors (Lipinski definition) is 5. The van der Waals surface area contributed by atoms with E-state index < -0.39 is 45.3 Å². The zero-order chi connectivity index (χ0) is 19.4. The van der Waals surface area contributed by atoms with Crippen LogP contribution in [0.2, 0.25) is 0 Å². The second-order valence-electron chi connectivity index (χ2n) is 5.62. The molecule has 140 valence electrons. The molecule has 1 fully saturated rings. The maximum Gasteiger partial charge on any atom is 0.330 e. The van der Waals surface area contributed by atoms with Crippen molar-refractivity contribution in [3.8, 4) is 5.75 Å². The lowest BCUT2D eigenvalue weighted by Crippen LogP contribution is -2.75. The van der Waals surface area contributed by atoms with Gasteiger partial charge >= 0.3 is 5.97 Å². The molecule has 0 aromatic heterocycles. The summed E-state index contributed by atoms with van der Waals surface area (Å²) in [4.78, 5) is 36.5. The molecule has 1 aliphatic rings. The van der Waals surface area contributed by atoms with Crippen molar-refractivity contribution in [3.05, 3.63) is 42.5 Å². The van der Waals surface area contributed by atoms with Crippen molar-refractivity contribution in [1.82, 2.24) is 10.2 Å². The number of hydrogen-bond donors (Lipinski definition) is 2. The van der Waals surface area contributed by atoms with E-state index in [2.05, 4.69) is 11.9 Å². The van der Waals surface area contributed by atoms with Crippen LogP contribution in [0.15, 0.2) is 42.5 Å². The zero-order valence-corrected chi connectivity index (χ0v) is 15.3. The van der Waals surface area contributed by atoms with Crippen LogP contribution >= 0.6 is 10.7 Å². The van der Waals surface area contributed by atoms with Gasteiger partial charge in [-0.2, -0.15) is 0 Å². The van der Waals surface area contributed by atoms with Gasteiger partial charge in [0, 0.05) is 0 Å². The fraction of sp³-hybridized carbons (Fsp3) is 0.312. The van der Waals surface area contributed by atoms with Gasteiger partial charge in [-0.15, -0.1) is 0 Å². The van der Waals surface area contributed by atoms with Crippen molar-refractivity contribution in [2.75, 3.05) is 6.61 Å². The Morgan fingerprint density at radius 3 is 2.54 bits per heavy atom. The van der Waals surface area contributed by atoms with E-state index in [1.165, 1.54) is 6.92 Å². The fourth-order valence-electron chi connectivity index (χ4n) is 2.54. The average Bonchev–Trinajstić information content (AvgIpc) is 2.58. The third-order valence-corrected chi connectivity index (χ3v) is 5.10. The molecule has 1 heterocycles. The standard InChI is InChI=1S/C16H17ClN2O6S/c1-9(2)13(16(22)23)19-14(21)12(15(19)26(17)24)18-11(20)8-25-10-6-4-3-5-7-10/h3-7,12-13,15H,1,8H2,2H3,(H,18,20)(H,22,23). The molecule has 0 spiro atoms. The van der Waals surface area contributed by atoms with Gasteiger partial charge in [-0.25, -0.2) is 9.00 Å². The van der Waals surface area contributed by atoms with E-state index in [0.717, 1.165) is 4.90 Å². The number of para-hydroxylation sites is 1. The van der Waals surface area contributed by atoms with Crippen LogP contribution in [0, 0.1) is 0 Å². The highest BCUT2D eigenvalue weighted by atomic mass is 35.7. The summed E-state index contributed by atoms with van der Waals surface area (Å²) in [7, 11) is 3.52. The minimum absolute atomic E-state index is 0.176. The molecule has 0 saturated carbocycles. The first kappa shape index (κ1) is 19.9. The van der Waals surface area contributed by atoms with E-state index in [1.807, 2.05) is 0 Å². The number of benzene rings is 1. The number of halogens is 1. The van der Waals surface area contributed by atoms with Gasteiger partial charge in [0.15, 0.2) is 18.0 Å². The Bertz CT molecular complexity index is 742. The summed E-state index contributed by atoms with van der Waals surface area (Å²) in [5.41, 5.74) is 0.176. The monoisotopic (exact) mass is 400 g/mol. The maximum atomic E-state index is 12.3. The highest BCUT2D eigenvalue weighted by molar-refractivity contribution is 8.08. The number of aliphatic carboxylic acids is 1. The lowest BCUT2D eigenvalue weighted by atomic mass is 9.99.